The summed E-state index contributed by atoms with van der Waals surface area (Å²) in [5.74, 6) is -0.357. The fourth-order valence-electron chi connectivity index (χ4n) is 1.99. The quantitative estimate of drug-likeness (QED) is 0.835. The molecule has 0 saturated heterocycles. The van der Waals surface area contributed by atoms with E-state index < -0.39 is 0 Å². The minimum Gasteiger partial charge on any atom is -0.376 e. The normalized spacial score (nSPS) is 12.2. The summed E-state index contributed by atoms with van der Waals surface area (Å²) >= 11 is 9.24. The zero-order chi connectivity index (χ0) is 14.7. The van der Waals surface area contributed by atoms with E-state index in [4.69, 9.17) is 17.3 Å². The third-order valence-electron chi connectivity index (χ3n) is 3.03. The number of hydrogen-bond donors (Lipinski definition) is 2. The number of rotatable bonds is 4. The van der Waals surface area contributed by atoms with Crippen molar-refractivity contribution in [1.82, 2.24) is 0 Å². The molecule has 1 atom stereocenters. The smallest absolute Gasteiger partial charge is 0.130 e. The van der Waals surface area contributed by atoms with Crippen LogP contribution >= 0.6 is 27.5 Å². The minimum absolute atomic E-state index is 0.277. The highest BCUT2D eigenvalue weighted by molar-refractivity contribution is 9.10. The van der Waals surface area contributed by atoms with Gasteiger partial charge in [0.05, 0.1) is 6.04 Å². The molecule has 0 spiro atoms. The Morgan fingerprint density at radius 2 is 2.05 bits per heavy atom. The summed E-state index contributed by atoms with van der Waals surface area (Å²) in [6, 6.07) is 10.2. The molecule has 20 heavy (non-hydrogen) atoms. The van der Waals surface area contributed by atoms with E-state index in [0.29, 0.717) is 10.6 Å². The second kappa shape index (κ2) is 6.57. The first-order chi connectivity index (χ1) is 9.51. The molecule has 2 nitrogen and oxygen atoms in total. The van der Waals surface area contributed by atoms with Gasteiger partial charge in [0, 0.05) is 27.3 Å². The summed E-state index contributed by atoms with van der Waals surface area (Å²) in [5.41, 5.74) is 8.27. The van der Waals surface area contributed by atoms with Crippen LogP contribution in [0.3, 0.4) is 0 Å². The average Bonchev–Trinajstić information content (AvgIpc) is 2.40. The van der Waals surface area contributed by atoms with Crippen LogP contribution in [0.2, 0.25) is 5.02 Å². The molecule has 0 saturated carbocycles. The lowest BCUT2D eigenvalue weighted by Crippen LogP contribution is -2.22. The molecule has 2 aromatic carbocycles. The highest BCUT2D eigenvalue weighted by Crippen LogP contribution is 2.29. The van der Waals surface area contributed by atoms with Gasteiger partial charge in [-0.3, -0.25) is 0 Å². The molecule has 0 aliphatic heterocycles. The fraction of sp³-hybridized carbons (Fsp3) is 0.200. The maximum Gasteiger partial charge on any atom is 0.130 e. The van der Waals surface area contributed by atoms with Crippen molar-refractivity contribution < 1.29 is 4.39 Å². The lowest BCUT2D eigenvalue weighted by Gasteiger charge is -2.20. The topological polar surface area (TPSA) is 38.0 Å². The van der Waals surface area contributed by atoms with E-state index >= 15 is 0 Å². The standard InChI is InChI=1S/C15H15BrClFN2/c1-9-2-5-12(16)14(6-9)20-15(8-19)11-4-3-10(17)7-13(11)18/h2-7,15,20H,8,19H2,1H3. The molecule has 0 aromatic heterocycles. The molecule has 0 fully saturated rings. The molecule has 0 bridgehead atoms. The van der Waals surface area contributed by atoms with Crippen LogP contribution in [-0.2, 0) is 0 Å². The van der Waals surface area contributed by atoms with Crippen molar-refractivity contribution in [2.45, 2.75) is 13.0 Å². The maximum atomic E-state index is 14.0. The number of halogens is 3. The Labute approximate surface area is 131 Å². The highest BCUT2D eigenvalue weighted by Gasteiger charge is 2.15. The average molecular weight is 358 g/mol. The number of anilines is 1. The van der Waals surface area contributed by atoms with Gasteiger partial charge in [0.25, 0.3) is 0 Å². The lowest BCUT2D eigenvalue weighted by atomic mass is 10.1. The molecule has 0 radical (unpaired) electrons. The first kappa shape index (κ1) is 15.3. The van der Waals surface area contributed by atoms with Crippen molar-refractivity contribution in [1.29, 1.82) is 0 Å². The minimum atomic E-state index is -0.357. The number of aryl methyl sites for hydroxylation is 1. The van der Waals surface area contributed by atoms with Crippen LogP contribution in [-0.4, -0.2) is 6.54 Å². The predicted molar refractivity (Wildman–Crippen MR) is 85.7 cm³/mol. The van der Waals surface area contributed by atoms with Gasteiger partial charge in [0.2, 0.25) is 0 Å². The van der Waals surface area contributed by atoms with E-state index in [2.05, 4.69) is 21.2 Å². The Morgan fingerprint density at radius 3 is 2.70 bits per heavy atom. The number of nitrogens with two attached hydrogens (primary N) is 1. The van der Waals surface area contributed by atoms with Crippen molar-refractivity contribution in [3.63, 3.8) is 0 Å². The second-order valence-electron chi connectivity index (χ2n) is 4.58. The van der Waals surface area contributed by atoms with Gasteiger partial charge in [-0.1, -0.05) is 23.7 Å². The third kappa shape index (κ3) is 3.51. The van der Waals surface area contributed by atoms with Crippen molar-refractivity contribution in [2.24, 2.45) is 5.73 Å². The van der Waals surface area contributed by atoms with E-state index in [1.807, 2.05) is 25.1 Å². The Hall–Kier alpha value is -1.10. The Morgan fingerprint density at radius 1 is 1.30 bits per heavy atom. The molecule has 0 aliphatic rings. The monoisotopic (exact) mass is 356 g/mol. The van der Waals surface area contributed by atoms with Gasteiger partial charge in [-0.2, -0.15) is 0 Å². The molecule has 3 N–H and O–H groups in total. The second-order valence-corrected chi connectivity index (χ2v) is 5.87. The Kier molecular flexibility index (Phi) is 5.02. The van der Waals surface area contributed by atoms with Gasteiger partial charge in [-0.15, -0.1) is 0 Å². The van der Waals surface area contributed by atoms with E-state index in [-0.39, 0.29) is 18.4 Å². The van der Waals surface area contributed by atoms with Crippen LogP contribution in [0.5, 0.6) is 0 Å². The molecule has 106 valence electrons. The van der Waals surface area contributed by atoms with Gasteiger partial charge >= 0.3 is 0 Å². The Balaban J connectivity index is 2.31. The van der Waals surface area contributed by atoms with Crippen LogP contribution in [0.1, 0.15) is 17.2 Å². The molecule has 2 rings (SSSR count). The molecule has 0 amide bonds. The van der Waals surface area contributed by atoms with Gasteiger partial charge < -0.3 is 11.1 Å². The van der Waals surface area contributed by atoms with Crippen molar-refractivity contribution in [3.8, 4) is 0 Å². The first-order valence-electron chi connectivity index (χ1n) is 6.19. The summed E-state index contributed by atoms with van der Waals surface area (Å²) in [4.78, 5) is 0. The zero-order valence-corrected chi connectivity index (χ0v) is 13.3. The summed E-state index contributed by atoms with van der Waals surface area (Å²) in [7, 11) is 0. The van der Waals surface area contributed by atoms with Crippen molar-refractivity contribution >= 4 is 33.2 Å². The highest BCUT2D eigenvalue weighted by atomic mass is 79.9. The number of nitrogens with one attached hydrogen (secondary N) is 1. The zero-order valence-electron chi connectivity index (χ0n) is 11.0. The van der Waals surface area contributed by atoms with E-state index in [0.717, 1.165) is 15.7 Å². The van der Waals surface area contributed by atoms with Crippen LogP contribution < -0.4 is 11.1 Å². The molecule has 1 unspecified atom stereocenters. The molecular weight excluding hydrogens is 343 g/mol. The maximum absolute atomic E-state index is 14.0. The largest absolute Gasteiger partial charge is 0.376 e. The SMILES string of the molecule is Cc1ccc(Br)c(NC(CN)c2ccc(Cl)cc2F)c1. The van der Waals surface area contributed by atoms with E-state index in [1.165, 1.54) is 6.07 Å². The molecular formula is C15H15BrClFN2. The van der Waals surface area contributed by atoms with Crippen molar-refractivity contribution in [2.75, 3.05) is 11.9 Å². The van der Waals surface area contributed by atoms with Crippen LogP contribution in [0.4, 0.5) is 10.1 Å². The van der Waals surface area contributed by atoms with Gasteiger partial charge in [0.1, 0.15) is 5.82 Å². The van der Waals surface area contributed by atoms with E-state index in [9.17, 15) is 4.39 Å². The lowest BCUT2D eigenvalue weighted by molar-refractivity contribution is 0.593. The van der Waals surface area contributed by atoms with Crippen LogP contribution in [0, 0.1) is 12.7 Å². The van der Waals surface area contributed by atoms with E-state index in [1.54, 1.807) is 12.1 Å². The molecule has 2 aromatic rings. The number of benzene rings is 2. The van der Waals surface area contributed by atoms with Crippen molar-refractivity contribution in [3.05, 3.63) is 62.8 Å². The summed E-state index contributed by atoms with van der Waals surface area (Å²) < 4.78 is 14.9. The summed E-state index contributed by atoms with van der Waals surface area (Å²) in [5, 5.41) is 3.63. The fourth-order valence-corrected chi connectivity index (χ4v) is 2.51. The first-order valence-corrected chi connectivity index (χ1v) is 7.36. The molecule has 5 heteroatoms. The van der Waals surface area contributed by atoms with Gasteiger partial charge in [-0.25, -0.2) is 4.39 Å². The summed E-state index contributed by atoms with van der Waals surface area (Å²) in [6.45, 7) is 2.27. The Bertz CT molecular complexity index is 619. The third-order valence-corrected chi connectivity index (χ3v) is 3.95. The van der Waals surface area contributed by atoms with Crippen LogP contribution in [0.25, 0.3) is 0 Å². The number of hydrogen-bond acceptors (Lipinski definition) is 2. The summed E-state index contributed by atoms with van der Waals surface area (Å²) in [6.07, 6.45) is 0. The van der Waals surface area contributed by atoms with Gasteiger partial charge in [0.15, 0.2) is 0 Å². The van der Waals surface area contributed by atoms with Crippen LogP contribution in [0.15, 0.2) is 40.9 Å². The molecule has 0 aliphatic carbocycles. The molecule has 0 heterocycles. The van der Waals surface area contributed by atoms with Gasteiger partial charge in [-0.05, 0) is 52.7 Å². The predicted octanol–water partition coefficient (Wildman–Crippen LogP) is 4.66.